The van der Waals surface area contributed by atoms with Crippen LogP contribution in [0, 0.1) is 0 Å². The van der Waals surface area contributed by atoms with Gasteiger partial charge in [0.2, 0.25) is 0 Å². The van der Waals surface area contributed by atoms with Crippen LogP contribution in [0.3, 0.4) is 0 Å². The molecular weight excluding hydrogens is 178 g/mol. The van der Waals surface area contributed by atoms with Crippen LogP contribution in [0.4, 0.5) is 4.79 Å². The number of carbonyl (C=O) groups excluding carboxylic acids is 1. The van der Waals surface area contributed by atoms with Gasteiger partial charge in [0.15, 0.2) is 0 Å². The van der Waals surface area contributed by atoms with Crippen molar-refractivity contribution >= 4 is 6.03 Å². The highest BCUT2D eigenvalue weighted by Crippen LogP contribution is 2.06. The summed E-state index contributed by atoms with van der Waals surface area (Å²) < 4.78 is 0. The third-order valence-electron chi connectivity index (χ3n) is 3.05. The van der Waals surface area contributed by atoms with Crippen LogP contribution in [0.5, 0.6) is 0 Å². The van der Waals surface area contributed by atoms with Crippen molar-refractivity contribution in [3.8, 4) is 0 Å². The molecular formula is C10H19N3O. The normalized spacial score (nSPS) is 22.1. The van der Waals surface area contributed by atoms with E-state index < -0.39 is 0 Å². The first-order valence-corrected chi connectivity index (χ1v) is 5.61. The zero-order valence-electron chi connectivity index (χ0n) is 8.67. The summed E-state index contributed by atoms with van der Waals surface area (Å²) in [5.74, 6) is 0. The number of likely N-dealkylation sites (tertiary alicyclic amines) is 2. The second kappa shape index (κ2) is 4.64. The van der Waals surface area contributed by atoms with Gasteiger partial charge in [0.1, 0.15) is 0 Å². The Morgan fingerprint density at radius 1 is 1.07 bits per heavy atom. The number of hydrogen-bond acceptors (Lipinski definition) is 2. The average Bonchev–Trinajstić information content (AvgIpc) is 2.53. The summed E-state index contributed by atoms with van der Waals surface area (Å²) in [7, 11) is 0. The highest BCUT2D eigenvalue weighted by Gasteiger charge is 2.19. The second-order valence-electron chi connectivity index (χ2n) is 4.12. The topological polar surface area (TPSA) is 35.6 Å². The molecule has 2 aliphatic heterocycles. The Balaban J connectivity index is 1.55. The van der Waals surface area contributed by atoms with E-state index in [1.165, 1.54) is 32.4 Å². The highest BCUT2D eigenvalue weighted by atomic mass is 16.2. The first-order valence-electron chi connectivity index (χ1n) is 5.61. The summed E-state index contributed by atoms with van der Waals surface area (Å²) in [4.78, 5) is 15.7. The first kappa shape index (κ1) is 9.77. The van der Waals surface area contributed by atoms with Gasteiger partial charge in [-0.25, -0.2) is 4.79 Å². The van der Waals surface area contributed by atoms with Crippen molar-refractivity contribution in [3.63, 3.8) is 0 Å². The molecule has 2 fully saturated rings. The van der Waals surface area contributed by atoms with Crippen molar-refractivity contribution in [3.05, 3.63) is 0 Å². The van der Waals surface area contributed by atoms with Gasteiger partial charge in [-0.15, -0.1) is 0 Å². The number of rotatable bonds is 3. The maximum Gasteiger partial charge on any atom is 0.317 e. The van der Waals surface area contributed by atoms with Gasteiger partial charge in [-0.3, -0.25) is 0 Å². The summed E-state index contributed by atoms with van der Waals surface area (Å²) in [5, 5.41) is 2.96. The quantitative estimate of drug-likeness (QED) is 0.715. The van der Waals surface area contributed by atoms with Gasteiger partial charge in [0.05, 0.1) is 0 Å². The minimum Gasteiger partial charge on any atom is -0.337 e. The molecule has 4 nitrogen and oxygen atoms in total. The van der Waals surface area contributed by atoms with Crippen LogP contribution in [0.25, 0.3) is 0 Å². The monoisotopic (exact) mass is 197 g/mol. The lowest BCUT2D eigenvalue weighted by molar-refractivity contribution is 0.166. The van der Waals surface area contributed by atoms with Crippen molar-refractivity contribution in [1.29, 1.82) is 0 Å². The first-order chi connectivity index (χ1) is 6.86. The molecule has 0 bridgehead atoms. The number of carbonyl (C=O) groups is 1. The molecule has 14 heavy (non-hydrogen) atoms. The van der Waals surface area contributed by atoms with E-state index in [4.69, 9.17) is 0 Å². The van der Waals surface area contributed by atoms with E-state index >= 15 is 0 Å². The third kappa shape index (κ3) is 2.38. The smallest absolute Gasteiger partial charge is 0.317 e. The number of nitrogens with one attached hydrogen (secondary N) is 1. The number of nitrogens with zero attached hydrogens (tertiary/aromatic N) is 2. The van der Waals surface area contributed by atoms with E-state index in [2.05, 4.69) is 10.2 Å². The second-order valence-corrected chi connectivity index (χ2v) is 4.12. The predicted octanol–water partition coefficient (Wildman–Crippen LogP) is 0.498. The van der Waals surface area contributed by atoms with Gasteiger partial charge in [-0.1, -0.05) is 0 Å². The number of hydrogen-bond donors (Lipinski definition) is 1. The minimum absolute atomic E-state index is 0.121. The van der Waals surface area contributed by atoms with E-state index in [0.29, 0.717) is 0 Å². The van der Waals surface area contributed by atoms with Gasteiger partial charge in [0.25, 0.3) is 0 Å². The summed E-state index contributed by atoms with van der Waals surface area (Å²) in [6.07, 6.45) is 3.81. The molecule has 2 heterocycles. The fourth-order valence-electron chi connectivity index (χ4n) is 1.96. The third-order valence-corrected chi connectivity index (χ3v) is 3.05. The molecule has 2 rings (SSSR count). The van der Waals surface area contributed by atoms with Crippen LogP contribution < -0.4 is 5.32 Å². The Hall–Kier alpha value is -0.770. The Morgan fingerprint density at radius 3 is 2.36 bits per heavy atom. The lowest BCUT2D eigenvalue weighted by Crippen LogP contribution is -2.49. The maximum absolute atomic E-state index is 11.4. The van der Waals surface area contributed by atoms with E-state index in [9.17, 15) is 4.79 Å². The molecule has 0 unspecified atom stereocenters. The number of urea groups is 1. The molecule has 4 heteroatoms. The summed E-state index contributed by atoms with van der Waals surface area (Å²) in [5.41, 5.74) is 0. The van der Waals surface area contributed by atoms with Gasteiger partial charge in [-0.2, -0.15) is 0 Å². The van der Waals surface area contributed by atoms with Gasteiger partial charge < -0.3 is 15.1 Å². The fraction of sp³-hybridized carbons (Fsp3) is 0.900. The van der Waals surface area contributed by atoms with Crippen molar-refractivity contribution in [1.82, 2.24) is 15.1 Å². The lowest BCUT2D eigenvalue weighted by atomic mass is 10.2. The number of amides is 2. The van der Waals surface area contributed by atoms with E-state index in [0.717, 1.165) is 26.2 Å². The van der Waals surface area contributed by atoms with E-state index in [1.807, 2.05) is 4.90 Å². The van der Waals surface area contributed by atoms with Gasteiger partial charge in [-0.05, 0) is 32.4 Å². The van der Waals surface area contributed by atoms with Crippen molar-refractivity contribution in [2.24, 2.45) is 0 Å². The lowest BCUT2D eigenvalue weighted by Gasteiger charge is -2.31. The fourth-order valence-corrected chi connectivity index (χ4v) is 1.96. The Bertz CT molecular complexity index is 198. The highest BCUT2D eigenvalue weighted by molar-refractivity contribution is 5.74. The summed E-state index contributed by atoms with van der Waals surface area (Å²) in [6, 6.07) is 0.121. The zero-order valence-corrected chi connectivity index (χ0v) is 8.67. The molecule has 0 saturated carbocycles. The standard InChI is InChI=1S/C10H19N3O/c14-10(13-7-3-8-13)11-4-9-12-5-1-2-6-12/h1-9H2,(H,11,14). The molecule has 0 aromatic carbocycles. The van der Waals surface area contributed by atoms with Gasteiger partial charge in [0, 0.05) is 26.2 Å². The summed E-state index contributed by atoms with van der Waals surface area (Å²) >= 11 is 0. The molecule has 0 radical (unpaired) electrons. The van der Waals surface area contributed by atoms with E-state index in [-0.39, 0.29) is 6.03 Å². The molecule has 0 aromatic rings. The minimum atomic E-state index is 0.121. The van der Waals surface area contributed by atoms with Crippen LogP contribution in [-0.2, 0) is 0 Å². The SMILES string of the molecule is O=C(NCCN1CCCC1)N1CCC1. The molecule has 0 spiro atoms. The molecule has 2 amide bonds. The van der Waals surface area contributed by atoms with Crippen LogP contribution in [0.15, 0.2) is 0 Å². The van der Waals surface area contributed by atoms with Crippen LogP contribution in [0.1, 0.15) is 19.3 Å². The Kier molecular flexibility index (Phi) is 3.24. The summed E-state index contributed by atoms with van der Waals surface area (Å²) in [6.45, 7) is 6.11. The molecule has 0 aliphatic carbocycles. The van der Waals surface area contributed by atoms with Crippen LogP contribution in [0.2, 0.25) is 0 Å². The molecule has 80 valence electrons. The molecule has 1 N–H and O–H groups in total. The van der Waals surface area contributed by atoms with Crippen molar-refractivity contribution < 1.29 is 4.79 Å². The van der Waals surface area contributed by atoms with Crippen molar-refractivity contribution in [2.45, 2.75) is 19.3 Å². The van der Waals surface area contributed by atoms with E-state index in [1.54, 1.807) is 0 Å². The maximum atomic E-state index is 11.4. The Labute approximate surface area is 85.2 Å². The molecule has 2 saturated heterocycles. The van der Waals surface area contributed by atoms with Crippen molar-refractivity contribution in [2.75, 3.05) is 39.3 Å². The average molecular weight is 197 g/mol. The molecule has 2 aliphatic rings. The Morgan fingerprint density at radius 2 is 1.79 bits per heavy atom. The molecule has 0 atom stereocenters. The van der Waals surface area contributed by atoms with Gasteiger partial charge >= 0.3 is 6.03 Å². The zero-order chi connectivity index (χ0) is 9.80. The van der Waals surface area contributed by atoms with Crippen LogP contribution >= 0.6 is 0 Å². The predicted molar refractivity (Wildman–Crippen MR) is 55.3 cm³/mol. The molecule has 0 aromatic heterocycles. The largest absolute Gasteiger partial charge is 0.337 e. The van der Waals surface area contributed by atoms with Crippen LogP contribution in [-0.4, -0.2) is 55.1 Å².